The Bertz CT molecular complexity index is 1090. The van der Waals surface area contributed by atoms with Crippen LogP contribution in [-0.4, -0.2) is 27.2 Å². The van der Waals surface area contributed by atoms with E-state index in [9.17, 15) is 18.0 Å². The zero-order valence-corrected chi connectivity index (χ0v) is 16.6. The summed E-state index contributed by atoms with van der Waals surface area (Å²) >= 11 is 1.03. The molecule has 0 bridgehead atoms. The van der Waals surface area contributed by atoms with Crippen molar-refractivity contribution in [1.82, 2.24) is 9.97 Å². The summed E-state index contributed by atoms with van der Waals surface area (Å²) in [6, 6.07) is 14.2. The van der Waals surface area contributed by atoms with Crippen molar-refractivity contribution in [1.29, 1.82) is 0 Å². The number of aromatic nitrogens is 2. The van der Waals surface area contributed by atoms with E-state index in [2.05, 4.69) is 9.97 Å². The van der Waals surface area contributed by atoms with Crippen LogP contribution in [0, 0.1) is 0 Å². The number of amides is 1. The van der Waals surface area contributed by atoms with Crippen LogP contribution in [0.4, 0.5) is 18.9 Å². The highest BCUT2D eigenvalue weighted by molar-refractivity contribution is 8.00. The van der Waals surface area contributed by atoms with Gasteiger partial charge in [0.2, 0.25) is 11.7 Å². The first-order valence-corrected chi connectivity index (χ1v) is 10.1. The van der Waals surface area contributed by atoms with Crippen molar-refractivity contribution in [3.8, 4) is 0 Å². The van der Waals surface area contributed by atoms with E-state index in [4.69, 9.17) is 0 Å². The quantitative estimate of drug-likeness (QED) is 0.439. The van der Waals surface area contributed by atoms with Crippen LogP contribution in [0.25, 0.3) is 10.9 Å². The summed E-state index contributed by atoms with van der Waals surface area (Å²) in [5.74, 6) is -1.35. The number of hydrogen-bond donors (Lipinski definition) is 0. The lowest BCUT2D eigenvalue weighted by Crippen LogP contribution is -2.40. The highest BCUT2D eigenvalue weighted by Gasteiger charge is 2.37. The van der Waals surface area contributed by atoms with E-state index in [1.165, 1.54) is 6.07 Å². The number of fused-ring (bicyclic) bond motifs is 2. The number of hydrogen-bond acceptors (Lipinski definition) is 4. The monoisotopic (exact) mass is 417 g/mol. The summed E-state index contributed by atoms with van der Waals surface area (Å²) in [6.07, 6.45) is -3.90. The molecule has 29 heavy (non-hydrogen) atoms. The van der Waals surface area contributed by atoms with Gasteiger partial charge in [-0.3, -0.25) is 4.79 Å². The zero-order chi connectivity index (χ0) is 20.8. The number of alkyl halides is 3. The lowest BCUT2D eigenvalue weighted by atomic mass is 10.1. The average molecular weight is 417 g/mol. The van der Waals surface area contributed by atoms with Gasteiger partial charge in [-0.2, -0.15) is 13.2 Å². The van der Waals surface area contributed by atoms with Crippen molar-refractivity contribution in [2.45, 2.75) is 42.8 Å². The Kier molecular flexibility index (Phi) is 4.98. The molecule has 0 saturated carbocycles. The smallest absolute Gasteiger partial charge is 0.308 e. The summed E-state index contributed by atoms with van der Waals surface area (Å²) in [4.78, 5) is 22.3. The minimum Gasteiger partial charge on any atom is -0.308 e. The van der Waals surface area contributed by atoms with Gasteiger partial charge in [0, 0.05) is 17.1 Å². The Morgan fingerprint density at radius 2 is 1.83 bits per heavy atom. The SMILES string of the molecule is CC(Sc1nc(C(F)(F)F)nc2ccccc12)C(=O)N1c2ccccc2CC1C. The van der Waals surface area contributed by atoms with Crippen LogP contribution in [-0.2, 0) is 17.4 Å². The van der Waals surface area contributed by atoms with Gasteiger partial charge in [0.05, 0.1) is 10.8 Å². The lowest BCUT2D eigenvalue weighted by molar-refractivity contribution is -0.145. The second-order valence-electron chi connectivity index (χ2n) is 7.02. The van der Waals surface area contributed by atoms with E-state index in [0.29, 0.717) is 5.39 Å². The molecule has 3 aromatic rings. The van der Waals surface area contributed by atoms with Crippen molar-refractivity contribution in [3.05, 3.63) is 59.9 Å². The van der Waals surface area contributed by atoms with Crippen LogP contribution >= 0.6 is 11.8 Å². The second kappa shape index (κ2) is 7.33. The van der Waals surface area contributed by atoms with E-state index in [1.54, 1.807) is 30.0 Å². The summed E-state index contributed by atoms with van der Waals surface area (Å²) in [7, 11) is 0. The molecule has 2 atom stereocenters. The van der Waals surface area contributed by atoms with E-state index in [0.717, 1.165) is 29.4 Å². The number of anilines is 1. The van der Waals surface area contributed by atoms with Gasteiger partial charge in [-0.15, -0.1) is 0 Å². The Morgan fingerprint density at radius 3 is 2.59 bits per heavy atom. The van der Waals surface area contributed by atoms with Crippen LogP contribution in [0.3, 0.4) is 0 Å². The first-order chi connectivity index (χ1) is 13.8. The number of carbonyl (C=O) groups is 1. The molecular formula is C21H18F3N3OS. The molecule has 4 nitrogen and oxygen atoms in total. The van der Waals surface area contributed by atoms with Gasteiger partial charge in [0.25, 0.3) is 0 Å². The maximum absolute atomic E-state index is 13.2. The molecule has 1 aliphatic heterocycles. The molecule has 0 N–H and O–H groups in total. The van der Waals surface area contributed by atoms with Crippen molar-refractivity contribution < 1.29 is 18.0 Å². The van der Waals surface area contributed by atoms with E-state index < -0.39 is 17.3 Å². The molecule has 2 heterocycles. The fraction of sp³-hybridized carbons (Fsp3) is 0.286. The molecule has 0 fully saturated rings. The van der Waals surface area contributed by atoms with E-state index >= 15 is 0 Å². The molecule has 0 saturated heterocycles. The predicted octanol–water partition coefficient (Wildman–Crippen LogP) is 5.11. The molecule has 0 spiro atoms. The summed E-state index contributed by atoms with van der Waals surface area (Å²) in [6.45, 7) is 3.67. The van der Waals surface area contributed by atoms with Crippen LogP contribution in [0.15, 0.2) is 53.6 Å². The minimum absolute atomic E-state index is 0.00386. The minimum atomic E-state index is -4.66. The maximum Gasteiger partial charge on any atom is 0.451 e. The normalized spacial score (nSPS) is 17.4. The number of para-hydroxylation sites is 2. The number of thioether (sulfide) groups is 1. The van der Waals surface area contributed by atoms with Gasteiger partial charge in [0.15, 0.2) is 0 Å². The highest BCUT2D eigenvalue weighted by Crippen LogP contribution is 2.37. The molecular weight excluding hydrogens is 399 g/mol. The number of rotatable bonds is 3. The topological polar surface area (TPSA) is 46.1 Å². The third-order valence-corrected chi connectivity index (χ3v) is 5.99. The summed E-state index contributed by atoms with van der Waals surface area (Å²) in [5.41, 5.74) is 2.16. The van der Waals surface area contributed by atoms with Gasteiger partial charge >= 0.3 is 6.18 Å². The first kappa shape index (κ1) is 19.7. The zero-order valence-electron chi connectivity index (χ0n) is 15.8. The van der Waals surface area contributed by atoms with Crippen molar-refractivity contribution in [2.24, 2.45) is 0 Å². The highest BCUT2D eigenvalue weighted by atomic mass is 32.2. The van der Waals surface area contributed by atoms with Crippen LogP contribution in [0.5, 0.6) is 0 Å². The summed E-state index contributed by atoms with van der Waals surface area (Å²) in [5, 5.41) is 0.0481. The molecule has 8 heteroatoms. The van der Waals surface area contributed by atoms with Gasteiger partial charge in [-0.25, -0.2) is 9.97 Å². The Hall–Kier alpha value is -2.61. The van der Waals surface area contributed by atoms with Crippen LogP contribution < -0.4 is 4.90 Å². The van der Waals surface area contributed by atoms with Crippen molar-refractivity contribution in [3.63, 3.8) is 0 Å². The third-order valence-electron chi connectivity index (χ3n) is 4.90. The largest absolute Gasteiger partial charge is 0.451 e. The standard InChI is InChI=1S/C21H18F3N3OS/c1-12-11-14-7-3-6-10-17(14)27(12)19(28)13(2)29-18-15-8-4-5-9-16(15)25-20(26-18)21(22,23)24/h3-10,12-13H,11H2,1-2H3. The molecule has 0 aliphatic carbocycles. The lowest BCUT2D eigenvalue weighted by Gasteiger charge is -2.26. The molecule has 2 aromatic carbocycles. The number of nitrogens with zero attached hydrogens (tertiary/aromatic N) is 3. The first-order valence-electron chi connectivity index (χ1n) is 9.17. The van der Waals surface area contributed by atoms with Crippen molar-refractivity contribution >= 4 is 34.3 Å². The van der Waals surface area contributed by atoms with Gasteiger partial charge in [-0.05, 0) is 38.0 Å². The maximum atomic E-state index is 13.2. The molecule has 4 rings (SSSR count). The number of benzene rings is 2. The summed E-state index contributed by atoms with van der Waals surface area (Å²) < 4.78 is 39.7. The van der Waals surface area contributed by atoms with E-state index in [-0.39, 0.29) is 22.5 Å². The molecule has 1 aliphatic rings. The molecule has 2 unspecified atom stereocenters. The molecule has 0 radical (unpaired) electrons. The molecule has 1 aromatic heterocycles. The Balaban J connectivity index is 1.67. The fourth-order valence-corrected chi connectivity index (χ4v) is 4.57. The van der Waals surface area contributed by atoms with Crippen molar-refractivity contribution in [2.75, 3.05) is 4.90 Å². The second-order valence-corrected chi connectivity index (χ2v) is 8.35. The van der Waals surface area contributed by atoms with Gasteiger partial charge < -0.3 is 4.90 Å². The van der Waals surface area contributed by atoms with E-state index in [1.807, 2.05) is 31.2 Å². The van der Waals surface area contributed by atoms with Crippen LogP contribution in [0.1, 0.15) is 25.2 Å². The molecule has 150 valence electrons. The number of carbonyl (C=O) groups excluding carboxylic acids is 1. The number of halogens is 3. The van der Waals surface area contributed by atoms with Gasteiger partial charge in [-0.1, -0.05) is 48.2 Å². The Morgan fingerprint density at radius 1 is 1.14 bits per heavy atom. The van der Waals surface area contributed by atoms with Crippen LogP contribution in [0.2, 0.25) is 0 Å². The van der Waals surface area contributed by atoms with Gasteiger partial charge in [0.1, 0.15) is 5.03 Å². The fourth-order valence-electron chi connectivity index (χ4n) is 3.58. The third kappa shape index (κ3) is 3.69. The average Bonchev–Trinajstić information content (AvgIpc) is 3.02. The Labute approximate surface area is 170 Å². The molecule has 1 amide bonds. The predicted molar refractivity (Wildman–Crippen MR) is 107 cm³/mol.